The molecule has 0 unspecified atom stereocenters. The Kier molecular flexibility index (Phi) is 4.97. The summed E-state index contributed by atoms with van der Waals surface area (Å²) in [5, 5.41) is 3.43. The molecule has 0 bridgehead atoms. The number of aryl methyl sites for hydroxylation is 2. The number of aromatic nitrogens is 1. The smallest absolute Gasteiger partial charge is 0.128 e. The van der Waals surface area contributed by atoms with Crippen molar-refractivity contribution in [2.45, 2.75) is 40.3 Å². The topological polar surface area (TPSA) is 34.1 Å². The zero-order chi connectivity index (χ0) is 15.4. The van der Waals surface area contributed by atoms with E-state index in [2.05, 4.69) is 57.3 Å². The van der Waals surface area contributed by atoms with Crippen LogP contribution in [-0.2, 0) is 6.54 Å². The molecule has 112 valence electrons. The SMILES string of the molecule is COc1ccc(C)cc1-c1ccc(CNC(C)C)c(C)n1. The molecular weight excluding hydrogens is 260 g/mol. The Balaban J connectivity index is 2.34. The van der Waals surface area contributed by atoms with Crippen molar-refractivity contribution in [3.05, 3.63) is 47.2 Å². The number of pyridine rings is 1. The third-order valence-corrected chi connectivity index (χ3v) is 3.53. The number of methoxy groups -OCH3 is 1. The molecule has 1 N–H and O–H groups in total. The summed E-state index contributed by atoms with van der Waals surface area (Å²) < 4.78 is 5.45. The summed E-state index contributed by atoms with van der Waals surface area (Å²) in [7, 11) is 1.70. The molecule has 0 aliphatic carbocycles. The molecule has 0 aliphatic heterocycles. The molecule has 0 spiro atoms. The van der Waals surface area contributed by atoms with E-state index in [1.54, 1.807) is 7.11 Å². The van der Waals surface area contributed by atoms with Gasteiger partial charge in [-0.15, -0.1) is 0 Å². The molecule has 0 amide bonds. The van der Waals surface area contributed by atoms with Crippen LogP contribution in [0.2, 0.25) is 0 Å². The van der Waals surface area contributed by atoms with Crippen LogP contribution in [-0.4, -0.2) is 18.1 Å². The van der Waals surface area contributed by atoms with Crippen molar-refractivity contribution >= 4 is 0 Å². The fraction of sp³-hybridized carbons (Fsp3) is 0.389. The first kappa shape index (κ1) is 15.5. The van der Waals surface area contributed by atoms with Crippen LogP contribution in [0.25, 0.3) is 11.3 Å². The molecule has 2 aromatic rings. The number of nitrogens with one attached hydrogen (secondary N) is 1. The molecule has 3 nitrogen and oxygen atoms in total. The van der Waals surface area contributed by atoms with Crippen LogP contribution < -0.4 is 10.1 Å². The molecule has 2 rings (SSSR count). The number of hydrogen-bond acceptors (Lipinski definition) is 3. The van der Waals surface area contributed by atoms with Gasteiger partial charge in [0.1, 0.15) is 5.75 Å². The fourth-order valence-electron chi connectivity index (χ4n) is 2.26. The Morgan fingerprint density at radius 2 is 1.90 bits per heavy atom. The molecule has 0 fully saturated rings. The molecule has 3 heteroatoms. The molecule has 1 aromatic heterocycles. The normalized spacial score (nSPS) is 11.0. The molecule has 0 aliphatic rings. The summed E-state index contributed by atoms with van der Waals surface area (Å²) >= 11 is 0. The first-order chi connectivity index (χ1) is 10.0. The first-order valence-electron chi connectivity index (χ1n) is 7.36. The van der Waals surface area contributed by atoms with Gasteiger partial charge < -0.3 is 10.1 Å². The summed E-state index contributed by atoms with van der Waals surface area (Å²) in [6.07, 6.45) is 0. The number of rotatable bonds is 5. The summed E-state index contributed by atoms with van der Waals surface area (Å²) in [6, 6.07) is 10.9. The maximum Gasteiger partial charge on any atom is 0.128 e. The zero-order valence-corrected chi connectivity index (χ0v) is 13.5. The quantitative estimate of drug-likeness (QED) is 0.905. The predicted octanol–water partition coefficient (Wildman–Crippen LogP) is 3.87. The molecule has 1 aromatic carbocycles. The zero-order valence-electron chi connectivity index (χ0n) is 13.5. The minimum absolute atomic E-state index is 0.473. The second kappa shape index (κ2) is 6.72. The van der Waals surface area contributed by atoms with E-state index in [1.807, 2.05) is 6.07 Å². The first-order valence-corrected chi connectivity index (χ1v) is 7.36. The van der Waals surface area contributed by atoms with Crippen LogP contribution in [0.5, 0.6) is 5.75 Å². The van der Waals surface area contributed by atoms with Crippen molar-refractivity contribution in [3.8, 4) is 17.0 Å². The van der Waals surface area contributed by atoms with Gasteiger partial charge in [0, 0.05) is 23.8 Å². The van der Waals surface area contributed by atoms with Crippen molar-refractivity contribution in [1.82, 2.24) is 10.3 Å². The number of hydrogen-bond donors (Lipinski definition) is 1. The largest absolute Gasteiger partial charge is 0.496 e. The molecule has 0 radical (unpaired) electrons. The summed E-state index contributed by atoms with van der Waals surface area (Å²) in [5.41, 5.74) is 5.50. The number of ether oxygens (including phenoxy) is 1. The van der Waals surface area contributed by atoms with Gasteiger partial charge in [0.2, 0.25) is 0 Å². The summed E-state index contributed by atoms with van der Waals surface area (Å²) in [5.74, 6) is 0.862. The van der Waals surface area contributed by atoms with E-state index >= 15 is 0 Å². The van der Waals surface area contributed by atoms with Gasteiger partial charge >= 0.3 is 0 Å². The fourth-order valence-corrected chi connectivity index (χ4v) is 2.26. The van der Waals surface area contributed by atoms with E-state index in [-0.39, 0.29) is 0 Å². The molecular formula is C18H24N2O. The van der Waals surface area contributed by atoms with Crippen molar-refractivity contribution in [1.29, 1.82) is 0 Å². The lowest BCUT2D eigenvalue weighted by atomic mass is 10.0. The van der Waals surface area contributed by atoms with E-state index < -0.39 is 0 Å². The van der Waals surface area contributed by atoms with Gasteiger partial charge in [-0.25, -0.2) is 0 Å². The standard InChI is InChI=1S/C18H24N2O/c1-12(2)19-11-15-7-8-17(20-14(15)4)16-10-13(3)6-9-18(16)21-5/h6-10,12,19H,11H2,1-5H3. The third-order valence-electron chi connectivity index (χ3n) is 3.53. The Morgan fingerprint density at radius 3 is 2.52 bits per heavy atom. The van der Waals surface area contributed by atoms with Gasteiger partial charge in [0.15, 0.2) is 0 Å². The van der Waals surface area contributed by atoms with Crippen LogP contribution in [0.15, 0.2) is 30.3 Å². The Labute approximate surface area is 127 Å². The summed E-state index contributed by atoms with van der Waals surface area (Å²) in [4.78, 5) is 4.75. The molecule has 21 heavy (non-hydrogen) atoms. The van der Waals surface area contributed by atoms with Gasteiger partial charge in [0.05, 0.1) is 12.8 Å². The maximum absolute atomic E-state index is 5.45. The van der Waals surface area contributed by atoms with Gasteiger partial charge in [-0.2, -0.15) is 0 Å². The Bertz CT molecular complexity index is 621. The van der Waals surface area contributed by atoms with Crippen molar-refractivity contribution in [2.75, 3.05) is 7.11 Å². The second-order valence-electron chi connectivity index (χ2n) is 5.68. The third kappa shape index (κ3) is 3.82. The maximum atomic E-state index is 5.45. The summed E-state index contributed by atoms with van der Waals surface area (Å²) in [6.45, 7) is 9.28. The second-order valence-corrected chi connectivity index (χ2v) is 5.68. The van der Waals surface area contributed by atoms with Crippen molar-refractivity contribution < 1.29 is 4.74 Å². The Hall–Kier alpha value is -1.87. The van der Waals surface area contributed by atoms with Crippen LogP contribution in [0.3, 0.4) is 0 Å². The highest BCUT2D eigenvalue weighted by Gasteiger charge is 2.09. The van der Waals surface area contributed by atoms with E-state index in [4.69, 9.17) is 9.72 Å². The van der Waals surface area contributed by atoms with Gasteiger partial charge in [-0.05, 0) is 37.6 Å². The van der Waals surface area contributed by atoms with Gasteiger partial charge in [-0.1, -0.05) is 31.5 Å². The monoisotopic (exact) mass is 284 g/mol. The van der Waals surface area contributed by atoms with Gasteiger partial charge in [-0.3, -0.25) is 4.98 Å². The van der Waals surface area contributed by atoms with E-state index in [1.165, 1.54) is 11.1 Å². The average molecular weight is 284 g/mol. The highest BCUT2D eigenvalue weighted by Crippen LogP contribution is 2.30. The number of nitrogens with zero attached hydrogens (tertiary/aromatic N) is 1. The highest BCUT2D eigenvalue weighted by molar-refractivity contribution is 5.68. The van der Waals surface area contributed by atoms with Crippen LogP contribution in [0, 0.1) is 13.8 Å². The van der Waals surface area contributed by atoms with Crippen molar-refractivity contribution in [3.63, 3.8) is 0 Å². The van der Waals surface area contributed by atoms with Crippen LogP contribution in [0.1, 0.15) is 30.7 Å². The highest BCUT2D eigenvalue weighted by atomic mass is 16.5. The lowest BCUT2D eigenvalue weighted by Gasteiger charge is -2.13. The molecule has 1 heterocycles. The average Bonchev–Trinajstić information content (AvgIpc) is 2.45. The van der Waals surface area contributed by atoms with Crippen LogP contribution >= 0.6 is 0 Å². The molecule has 0 atom stereocenters. The van der Waals surface area contributed by atoms with Crippen molar-refractivity contribution in [2.24, 2.45) is 0 Å². The lowest BCUT2D eigenvalue weighted by Crippen LogP contribution is -2.22. The molecule has 0 saturated carbocycles. The Morgan fingerprint density at radius 1 is 1.14 bits per heavy atom. The molecule has 0 saturated heterocycles. The predicted molar refractivity (Wildman–Crippen MR) is 87.7 cm³/mol. The van der Waals surface area contributed by atoms with E-state index in [0.717, 1.165) is 29.2 Å². The number of benzene rings is 1. The van der Waals surface area contributed by atoms with E-state index in [0.29, 0.717) is 6.04 Å². The van der Waals surface area contributed by atoms with E-state index in [9.17, 15) is 0 Å². The van der Waals surface area contributed by atoms with Gasteiger partial charge in [0.25, 0.3) is 0 Å². The van der Waals surface area contributed by atoms with Crippen LogP contribution in [0.4, 0.5) is 0 Å². The minimum atomic E-state index is 0.473. The minimum Gasteiger partial charge on any atom is -0.496 e. The lowest BCUT2D eigenvalue weighted by molar-refractivity contribution is 0.416.